The fourth-order valence-electron chi connectivity index (χ4n) is 1.51. The highest BCUT2D eigenvalue weighted by Gasteiger charge is 2.17. The van der Waals surface area contributed by atoms with E-state index < -0.39 is 21.5 Å². The minimum absolute atomic E-state index is 0.0147. The van der Waals surface area contributed by atoms with E-state index in [4.69, 9.17) is 17.3 Å². The van der Waals surface area contributed by atoms with Crippen LogP contribution in [0, 0.1) is 5.92 Å². The Morgan fingerprint density at radius 1 is 1.40 bits per heavy atom. The van der Waals surface area contributed by atoms with Crippen LogP contribution in [0.2, 0.25) is 5.02 Å². The molecule has 0 aromatic heterocycles. The van der Waals surface area contributed by atoms with E-state index in [1.807, 2.05) is 13.8 Å². The van der Waals surface area contributed by atoms with Gasteiger partial charge in [0.2, 0.25) is 5.91 Å². The van der Waals surface area contributed by atoms with Gasteiger partial charge < -0.3 is 11.1 Å². The Morgan fingerprint density at radius 2 is 2.05 bits per heavy atom. The molecule has 1 rings (SSSR count). The van der Waals surface area contributed by atoms with Crippen molar-refractivity contribution in [1.82, 2.24) is 0 Å². The number of halogens is 1. The Kier molecular flexibility index (Phi) is 5.83. The summed E-state index contributed by atoms with van der Waals surface area (Å²) in [5.41, 5.74) is 6.36. The van der Waals surface area contributed by atoms with Crippen molar-refractivity contribution in [3.63, 3.8) is 0 Å². The summed E-state index contributed by atoms with van der Waals surface area (Å²) >= 11 is 5.76. The van der Waals surface area contributed by atoms with Crippen molar-refractivity contribution < 1.29 is 13.2 Å². The normalized spacial score (nSPS) is 11.6. The van der Waals surface area contributed by atoms with Gasteiger partial charge in [-0.1, -0.05) is 25.4 Å². The Bertz CT molecular complexity index is 585. The lowest BCUT2D eigenvalue weighted by Gasteiger charge is -2.08. The number of carbonyl (C=O) groups is 1. The Labute approximate surface area is 124 Å². The van der Waals surface area contributed by atoms with Crippen LogP contribution >= 0.6 is 11.6 Å². The molecule has 0 saturated carbocycles. The van der Waals surface area contributed by atoms with Crippen LogP contribution in [0.15, 0.2) is 18.2 Å². The summed E-state index contributed by atoms with van der Waals surface area (Å²) in [6, 6.07) is 4.60. The third-order valence-electron chi connectivity index (χ3n) is 2.64. The molecule has 20 heavy (non-hydrogen) atoms. The van der Waals surface area contributed by atoms with Crippen LogP contribution in [-0.4, -0.2) is 25.8 Å². The zero-order valence-corrected chi connectivity index (χ0v) is 13.1. The van der Waals surface area contributed by atoms with Crippen LogP contribution < -0.4 is 11.1 Å². The third kappa shape index (κ3) is 5.79. The zero-order chi connectivity index (χ0) is 15.3. The van der Waals surface area contributed by atoms with Crippen LogP contribution in [0.1, 0.15) is 20.3 Å². The number of sulfone groups is 1. The van der Waals surface area contributed by atoms with Gasteiger partial charge in [0.15, 0.2) is 9.84 Å². The van der Waals surface area contributed by atoms with E-state index >= 15 is 0 Å². The maximum absolute atomic E-state index is 11.8. The van der Waals surface area contributed by atoms with E-state index in [1.54, 1.807) is 12.1 Å². The first-order valence-electron chi connectivity index (χ1n) is 6.25. The molecule has 112 valence electrons. The molecule has 0 radical (unpaired) electrons. The molecule has 0 heterocycles. The number of anilines is 2. The van der Waals surface area contributed by atoms with E-state index in [-0.39, 0.29) is 11.7 Å². The first-order chi connectivity index (χ1) is 9.19. The summed E-state index contributed by atoms with van der Waals surface area (Å²) in [6.45, 7) is 3.87. The molecule has 0 fully saturated rings. The van der Waals surface area contributed by atoms with Gasteiger partial charge in [-0.25, -0.2) is 8.42 Å². The van der Waals surface area contributed by atoms with Crippen LogP contribution in [-0.2, 0) is 14.6 Å². The van der Waals surface area contributed by atoms with E-state index in [9.17, 15) is 13.2 Å². The molecule has 0 atom stereocenters. The van der Waals surface area contributed by atoms with Crippen molar-refractivity contribution >= 4 is 38.7 Å². The topological polar surface area (TPSA) is 89.3 Å². The fraction of sp³-hybridized carbons (Fsp3) is 0.462. The van der Waals surface area contributed by atoms with E-state index in [2.05, 4.69) is 5.32 Å². The number of rotatable bonds is 6. The lowest BCUT2D eigenvalue weighted by Crippen LogP contribution is -2.25. The average Bonchev–Trinajstić information content (AvgIpc) is 2.31. The number of hydrogen-bond acceptors (Lipinski definition) is 4. The molecule has 0 aliphatic carbocycles. The summed E-state index contributed by atoms with van der Waals surface area (Å²) in [5.74, 6) is -0.803. The number of carbonyl (C=O) groups excluding carboxylic acids is 1. The summed E-state index contributed by atoms with van der Waals surface area (Å²) in [5, 5.41) is 2.88. The Hall–Kier alpha value is -1.27. The van der Waals surface area contributed by atoms with E-state index in [0.717, 1.165) is 0 Å². The van der Waals surface area contributed by atoms with Crippen molar-refractivity contribution in [2.45, 2.75) is 20.3 Å². The lowest BCUT2D eigenvalue weighted by atomic mass is 10.2. The van der Waals surface area contributed by atoms with Crippen LogP contribution in [0.4, 0.5) is 11.4 Å². The number of amides is 1. The van der Waals surface area contributed by atoms with Gasteiger partial charge in [0, 0.05) is 5.69 Å². The average molecular weight is 319 g/mol. The van der Waals surface area contributed by atoms with Crippen LogP contribution in [0.3, 0.4) is 0 Å². The van der Waals surface area contributed by atoms with E-state index in [1.165, 1.54) is 6.07 Å². The SMILES string of the molecule is CC(C)CCS(=O)(=O)CC(=O)Nc1ccc(Cl)c(N)c1. The molecule has 0 bridgehead atoms. The predicted octanol–water partition coefficient (Wildman–Crippen LogP) is 2.32. The van der Waals surface area contributed by atoms with Crippen molar-refractivity contribution in [3.05, 3.63) is 23.2 Å². The molecular weight excluding hydrogens is 300 g/mol. The Morgan fingerprint density at radius 3 is 2.60 bits per heavy atom. The highest BCUT2D eigenvalue weighted by atomic mass is 35.5. The Balaban J connectivity index is 2.61. The molecule has 1 aromatic rings. The maximum Gasteiger partial charge on any atom is 0.239 e. The number of hydrogen-bond donors (Lipinski definition) is 2. The van der Waals surface area contributed by atoms with Gasteiger partial charge in [0.1, 0.15) is 5.75 Å². The third-order valence-corrected chi connectivity index (χ3v) is 4.54. The lowest BCUT2D eigenvalue weighted by molar-refractivity contribution is -0.113. The fourth-order valence-corrected chi connectivity index (χ4v) is 3.07. The number of benzene rings is 1. The second-order valence-corrected chi connectivity index (χ2v) is 7.65. The second kappa shape index (κ2) is 6.95. The molecule has 1 amide bonds. The predicted molar refractivity (Wildman–Crippen MR) is 82.6 cm³/mol. The number of nitrogens with one attached hydrogen (secondary N) is 1. The second-order valence-electron chi connectivity index (χ2n) is 5.06. The van der Waals surface area contributed by atoms with Crippen molar-refractivity contribution in [1.29, 1.82) is 0 Å². The molecule has 0 aliphatic heterocycles. The van der Waals surface area contributed by atoms with Gasteiger partial charge in [-0.05, 0) is 30.5 Å². The molecule has 0 unspecified atom stereocenters. The number of nitrogens with two attached hydrogens (primary N) is 1. The van der Waals surface area contributed by atoms with Crippen molar-refractivity contribution in [2.24, 2.45) is 5.92 Å². The summed E-state index contributed by atoms with van der Waals surface area (Å²) in [6.07, 6.45) is 0.545. The smallest absolute Gasteiger partial charge is 0.239 e. The van der Waals surface area contributed by atoms with Crippen LogP contribution in [0.25, 0.3) is 0 Å². The summed E-state index contributed by atoms with van der Waals surface area (Å²) < 4.78 is 23.5. The minimum atomic E-state index is -3.38. The van der Waals surface area contributed by atoms with Gasteiger partial charge in [-0.2, -0.15) is 0 Å². The van der Waals surface area contributed by atoms with Gasteiger partial charge in [-0.3, -0.25) is 4.79 Å². The highest BCUT2D eigenvalue weighted by molar-refractivity contribution is 7.92. The van der Waals surface area contributed by atoms with Crippen LogP contribution in [0.5, 0.6) is 0 Å². The van der Waals surface area contributed by atoms with Gasteiger partial charge >= 0.3 is 0 Å². The zero-order valence-electron chi connectivity index (χ0n) is 11.5. The molecule has 5 nitrogen and oxygen atoms in total. The minimum Gasteiger partial charge on any atom is -0.397 e. The maximum atomic E-state index is 11.8. The molecule has 0 aliphatic rings. The van der Waals surface area contributed by atoms with E-state index in [0.29, 0.717) is 22.8 Å². The highest BCUT2D eigenvalue weighted by Crippen LogP contribution is 2.22. The van der Waals surface area contributed by atoms with Gasteiger partial charge in [0.05, 0.1) is 16.5 Å². The molecule has 1 aromatic carbocycles. The standard InChI is InChI=1S/C13H19ClN2O3S/c1-9(2)5-6-20(18,19)8-13(17)16-10-3-4-11(14)12(15)7-10/h3-4,7,9H,5-6,8,15H2,1-2H3,(H,16,17). The molecular formula is C13H19ClN2O3S. The van der Waals surface area contributed by atoms with Crippen molar-refractivity contribution in [3.8, 4) is 0 Å². The number of nitrogen functional groups attached to an aromatic ring is 1. The van der Waals surface area contributed by atoms with Gasteiger partial charge in [-0.15, -0.1) is 0 Å². The summed E-state index contributed by atoms with van der Waals surface area (Å²) in [4.78, 5) is 11.7. The quantitative estimate of drug-likeness (QED) is 0.788. The summed E-state index contributed by atoms with van der Waals surface area (Å²) in [7, 11) is -3.38. The molecule has 7 heteroatoms. The first-order valence-corrected chi connectivity index (χ1v) is 8.45. The van der Waals surface area contributed by atoms with Gasteiger partial charge in [0.25, 0.3) is 0 Å². The monoisotopic (exact) mass is 318 g/mol. The first kappa shape index (κ1) is 16.8. The molecule has 0 spiro atoms. The molecule has 3 N–H and O–H groups in total. The van der Waals surface area contributed by atoms with Crippen molar-refractivity contribution in [2.75, 3.05) is 22.6 Å². The largest absolute Gasteiger partial charge is 0.397 e. The molecule has 0 saturated heterocycles.